The van der Waals surface area contributed by atoms with Crippen LogP contribution in [0.4, 0.5) is 0 Å². The first-order valence-corrected chi connectivity index (χ1v) is 9.36. The summed E-state index contributed by atoms with van der Waals surface area (Å²) in [5.74, 6) is 0.220. The first kappa shape index (κ1) is 17.5. The summed E-state index contributed by atoms with van der Waals surface area (Å²) in [6, 6.07) is 5.72. The fourth-order valence-electron chi connectivity index (χ4n) is 2.96. The van der Waals surface area contributed by atoms with Crippen molar-refractivity contribution in [2.45, 2.75) is 38.4 Å². The van der Waals surface area contributed by atoms with Crippen LogP contribution in [0.1, 0.15) is 32.6 Å². The third-order valence-electron chi connectivity index (χ3n) is 4.08. The first-order valence-electron chi connectivity index (χ1n) is 8.37. The predicted molar refractivity (Wildman–Crippen MR) is 97.1 cm³/mol. The topological polar surface area (TPSA) is 70.5 Å². The Kier molecular flexibility index (Phi) is 5.70. The Morgan fingerprint density at radius 1 is 0.880 bits per heavy atom. The zero-order valence-electron chi connectivity index (χ0n) is 14.2. The maximum absolute atomic E-state index is 11.0. The number of hydrogen-bond donors (Lipinski definition) is 0. The molecule has 3 aromatic rings. The van der Waals surface area contributed by atoms with Gasteiger partial charge in [-0.25, -0.2) is 14.0 Å². The van der Waals surface area contributed by atoms with E-state index >= 15 is 0 Å². The molecule has 0 aliphatic carbocycles. The molecule has 0 bridgehead atoms. The van der Waals surface area contributed by atoms with E-state index in [2.05, 4.69) is 15.3 Å². The van der Waals surface area contributed by atoms with Crippen LogP contribution in [-0.2, 0) is 10.6 Å². The van der Waals surface area contributed by atoms with Crippen LogP contribution in [0.15, 0.2) is 55.4 Å². The van der Waals surface area contributed by atoms with Gasteiger partial charge in [-0.15, -0.1) is 0 Å². The second kappa shape index (κ2) is 8.15. The largest absolute Gasteiger partial charge is 0.288 e. The van der Waals surface area contributed by atoms with Crippen molar-refractivity contribution in [2.24, 2.45) is 0 Å². The van der Waals surface area contributed by atoms with Crippen molar-refractivity contribution >= 4 is 16.9 Å². The van der Waals surface area contributed by atoms with Crippen molar-refractivity contribution in [1.29, 1.82) is 0 Å². The molecule has 25 heavy (non-hydrogen) atoms. The summed E-state index contributed by atoms with van der Waals surface area (Å²) in [7, 11) is 0. The van der Waals surface area contributed by atoms with E-state index in [1.54, 1.807) is 25.5 Å². The Morgan fingerprint density at radius 3 is 1.80 bits per heavy atom. The van der Waals surface area contributed by atoms with Crippen molar-refractivity contribution < 1.29 is 4.79 Å². The molecule has 0 radical (unpaired) electrons. The molecule has 0 unspecified atom stereocenters. The molecule has 3 aromatic heterocycles. The average Bonchev–Trinajstić information content (AvgIpc) is 3.35. The molecule has 0 atom stereocenters. The summed E-state index contributed by atoms with van der Waals surface area (Å²) in [4.78, 5) is 11.0. The van der Waals surface area contributed by atoms with Gasteiger partial charge in [-0.3, -0.25) is 4.79 Å². The fourth-order valence-corrected chi connectivity index (χ4v) is 3.59. The molecule has 0 fully saturated rings. The molecule has 0 saturated heterocycles. The minimum absolute atomic E-state index is 0.180. The van der Waals surface area contributed by atoms with Gasteiger partial charge in [-0.2, -0.15) is 15.3 Å². The Labute approximate surface area is 151 Å². The van der Waals surface area contributed by atoms with Gasteiger partial charge in [0, 0.05) is 56.3 Å². The van der Waals surface area contributed by atoms with Gasteiger partial charge in [-0.1, -0.05) is 18.2 Å². The van der Waals surface area contributed by atoms with E-state index in [4.69, 9.17) is 0 Å². The molecule has 0 spiro atoms. The van der Waals surface area contributed by atoms with E-state index in [9.17, 15) is 4.79 Å². The average molecular weight is 358 g/mol. The lowest BCUT2D eigenvalue weighted by molar-refractivity contribution is -0.109. The molecule has 3 rings (SSSR count). The van der Waals surface area contributed by atoms with Gasteiger partial charge in [0.1, 0.15) is 0 Å². The molecule has 0 saturated carbocycles. The number of carbonyl (C=O) groups excluding carboxylic acids is 1. The number of aromatic nitrogens is 6. The number of thioether (sulfide) groups is 1. The molecule has 0 aromatic carbocycles. The lowest BCUT2D eigenvalue weighted by Gasteiger charge is -2.35. The Morgan fingerprint density at radius 2 is 1.40 bits per heavy atom. The maximum Gasteiger partial charge on any atom is 0.248 e. The van der Waals surface area contributed by atoms with Crippen LogP contribution in [0, 0.1) is 0 Å². The second-order valence-electron chi connectivity index (χ2n) is 5.78. The van der Waals surface area contributed by atoms with E-state index in [0.29, 0.717) is 0 Å². The fraction of sp³-hybridized carbons (Fsp3) is 0.412. The van der Waals surface area contributed by atoms with E-state index < -0.39 is 5.79 Å². The monoisotopic (exact) mass is 358 g/mol. The van der Waals surface area contributed by atoms with Crippen molar-refractivity contribution in [3.05, 3.63) is 55.4 Å². The number of carbonyl (C=O) groups is 1. The van der Waals surface area contributed by atoms with Crippen LogP contribution < -0.4 is 0 Å². The van der Waals surface area contributed by atoms with E-state index in [1.165, 1.54) is 11.8 Å². The van der Waals surface area contributed by atoms with Crippen LogP contribution >= 0.6 is 11.8 Å². The first-order chi connectivity index (χ1) is 12.2. The summed E-state index contributed by atoms with van der Waals surface area (Å²) in [5, 5.41) is 13.6. The molecule has 7 nitrogen and oxygen atoms in total. The maximum atomic E-state index is 11.0. The Bertz CT molecular complexity index is 667. The number of nitrogens with zero attached hydrogens (tertiary/aromatic N) is 6. The molecule has 8 heteroatoms. The third kappa shape index (κ3) is 3.84. The summed E-state index contributed by atoms with van der Waals surface area (Å²) < 4.78 is 5.70. The predicted octanol–water partition coefficient (Wildman–Crippen LogP) is 2.82. The summed E-state index contributed by atoms with van der Waals surface area (Å²) in [5.41, 5.74) is 0. The Hall–Kier alpha value is -2.35. The van der Waals surface area contributed by atoms with E-state index in [0.717, 1.165) is 31.4 Å². The van der Waals surface area contributed by atoms with Gasteiger partial charge in [0.15, 0.2) is 5.12 Å². The van der Waals surface area contributed by atoms with Crippen LogP contribution in [-0.4, -0.2) is 40.2 Å². The quantitative estimate of drug-likeness (QED) is 0.550. The number of rotatable bonds is 9. The van der Waals surface area contributed by atoms with Crippen molar-refractivity contribution in [2.75, 3.05) is 5.75 Å². The molecule has 0 N–H and O–H groups in total. The molecular weight excluding hydrogens is 336 g/mol. The SMILES string of the molecule is CC(=O)SCCCCCC(n1cccn1)(n1cccn1)n1cccn1. The van der Waals surface area contributed by atoms with Gasteiger partial charge >= 0.3 is 0 Å². The van der Waals surface area contributed by atoms with Crippen LogP contribution in [0.25, 0.3) is 0 Å². The zero-order valence-corrected chi connectivity index (χ0v) is 15.0. The van der Waals surface area contributed by atoms with Gasteiger partial charge < -0.3 is 0 Å². The molecule has 0 amide bonds. The highest BCUT2D eigenvalue weighted by molar-refractivity contribution is 8.13. The van der Waals surface area contributed by atoms with Crippen molar-refractivity contribution in [1.82, 2.24) is 29.3 Å². The van der Waals surface area contributed by atoms with Gasteiger partial charge in [-0.05, 0) is 31.0 Å². The highest BCUT2D eigenvalue weighted by Crippen LogP contribution is 2.27. The highest BCUT2D eigenvalue weighted by atomic mass is 32.2. The smallest absolute Gasteiger partial charge is 0.248 e. The lowest BCUT2D eigenvalue weighted by Crippen LogP contribution is -2.49. The van der Waals surface area contributed by atoms with Crippen molar-refractivity contribution in [3.63, 3.8) is 0 Å². The van der Waals surface area contributed by atoms with E-state index in [1.807, 2.05) is 50.8 Å². The van der Waals surface area contributed by atoms with Crippen LogP contribution in [0.2, 0.25) is 0 Å². The molecule has 3 heterocycles. The Balaban J connectivity index is 1.81. The second-order valence-corrected chi connectivity index (χ2v) is 7.05. The standard InChI is InChI=1S/C17H22N6OS/c1-16(24)25-15-4-2-3-8-17(21-12-5-9-18-21,22-13-6-10-19-22)23-14-7-11-20-23/h5-7,9-14H,2-4,8,15H2,1H3. The molecule has 0 aliphatic rings. The van der Waals surface area contributed by atoms with Crippen LogP contribution in [0.3, 0.4) is 0 Å². The highest BCUT2D eigenvalue weighted by Gasteiger charge is 2.37. The van der Waals surface area contributed by atoms with Gasteiger partial charge in [0.05, 0.1) is 0 Å². The number of unbranched alkanes of at least 4 members (excludes halogenated alkanes) is 2. The molecule has 0 aliphatic heterocycles. The van der Waals surface area contributed by atoms with Crippen molar-refractivity contribution in [3.8, 4) is 0 Å². The third-order valence-corrected chi connectivity index (χ3v) is 4.98. The van der Waals surface area contributed by atoms with Gasteiger partial charge in [0.2, 0.25) is 5.79 Å². The normalized spacial score (nSPS) is 11.7. The molecule has 132 valence electrons. The van der Waals surface area contributed by atoms with E-state index in [-0.39, 0.29) is 5.12 Å². The summed E-state index contributed by atoms with van der Waals surface area (Å²) in [6.45, 7) is 1.61. The minimum atomic E-state index is -0.649. The summed E-state index contributed by atoms with van der Waals surface area (Å²) >= 11 is 1.39. The van der Waals surface area contributed by atoms with Crippen LogP contribution in [0.5, 0.6) is 0 Å². The summed E-state index contributed by atoms with van der Waals surface area (Å²) in [6.07, 6.45) is 14.9. The lowest BCUT2D eigenvalue weighted by atomic mass is 10.1. The van der Waals surface area contributed by atoms with Gasteiger partial charge in [0.25, 0.3) is 0 Å². The molecular formula is C17H22N6OS. The zero-order chi connectivity index (χ0) is 17.5. The minimum Gasteiger partial charge on any atom is -0.288 e. The number of hydrogen-bond acceptors (Lipinski definition) is 5.